The number of anilines is 1. The summed E-state index contributed by atoms with van der Waals surface area (Å²) in [6.45, 7) is 7.82. The van der Waals surface area contributed by atoms with Crippen molar-refractivity contribution in [2.75, 3.05) is 18.5 Å². The molecule has 1 fully saturated rings. The van der Waals surface area contributed by atoms with Gasteiger partial charge in [0.1, 0.15) is 5.54 Å². The van der Waals surface area contributed by atoms with Gasteiger partial charge in [0.05, 0.1) is 29.9 Å². The van der Waals surface area contributed by atoms with Crippen molar-refractivity contribution in [3.05, 3.63) is 10.6 Å². The van der Waals surface area contributed by atoms with Crippen LogP contribution >= 0.6 is 23.7 Å². The summed E-state index contributed by atoms with van der Waals surface area (Å²) in [7, 11) is 0. The predicted octanol–water partition coefficient (Wildman–Crippen LogP) is 2.11. The van der Waals surface area contributed by atoms with Crippen molar-refractivity contribution in [3.8, 4) is 0 Å². The third kappa shape index (κ3) is 3.00. The van der Waals surface area contributed by atoms with Gasteiger partial charge in [0.15, 0.2) is 5.13 Å². The molecular weight excluding hydrogens is 338 g/mol. The van der Waals surface area contributed by atoms with Gasteiger partial charge >= 0.3 is 0 Å². The largest absolute Gasteiger partial charge is 0.378 e. The highest BCUT2D eigenvalue weighted by Gasteiger charge is 2.63. The van der Waals surface area contributed by atoms with Crippen molar-refractivity contribution in [1.29, 1.82) is 0 Å². The molecule has 23 heavy (non-hydrogen) atoms. The average molecular weight is 362 g/mol. The average Bonchev–Trinajstić information content (AvgIpc) is 2.88. The fraction of sp³-hybridized carbons (Fsp3) is 0.733. The van der Waals surface area contributed by atoms with Crippen LogP contribution in [-0.4, -0.2) is 35.7 Å². The normalized spacial score (nSPS) is 28.3. The summed E-state index contributed by atoms with van der Waals surface area (Å²) in [6, 6.07) is 0. The van der Waals surface area contributed by atoms with Crippen LogP contribution in [-0.2, 0) is 27.3 Å². The molecule has 3 rings (SSSR count). The predicted molar refractivity (Wildman–Crippen MR) is 92.1 cm³/mol. The van der Waals surface area contributed by atoms with E-state index < -0.39 is 11.0 Å². The summed E-state index contributed by atoms with van der Waals surface area (Å²) in [5.74, 6) is -0.180. The first-order valence-electron chi connectivity index (χ1n) is 7.66. The van der Waals surface area contributed by atoms with Gasteiger partial charge in [-0.2, -0.15) is 0 Å². The minimum Gasteiger partial charge on any atom is -0.378 e. The van der Waals surface area contributed by atoms with Crippen molar-refractivity contribution in [1.82, 2.24) is 4.98 Å². The number of aromatic nitrogens is 1. The number of rotatable bonds is 4. The number of carbonyl (C=O) groups excluding carboxylic acids is 1. The highest BCUT2D eigenvalue weighted by Crippen LogP contribution is 2.50. The molecular formula is C15H24ClN3O3S. The molecule has 0 radical (unpaired) electrons. The zero-order valence-electron chi connectivity index (χ0n) is 13.7. The highest BCUT2D eigenvalue weighted by atomic mass is 35.5. The van der Waals surface area contributed by atoms with Crippen molar-refractivity contribution < 1.29 is 14.3 Å². The summed E-state index contributed by atoms with van der Waals surface area (Å²) < 4.78 is 11.1. The number of hydrogen-bond donors (Lipinski definition) is 2. The molecule has 1 aliphatic heterocycles. The molecule has 6 nitrogen and oxygen atoms in total. The van der Waals surface area contributed by atoms with Gasteiger partial charge in [-0.15, -0.1) is 12.4 Å². The molecule has 2 heterocycles. The second-order valence-electron chi connectivity index (χ2n) is 6.49. The Morgan fingerprint density at radius 1 is 1.57 bits per heavy atom. The summed E-state index contributed by atoms with van der Waals surface area (Å²) in [4.78, 5) is 18.2. The molecule has 2 aliphatic rings. The van der Waals surface area contributed by atoms with Crippen LogP contribution in [0.25, 0.3) is 0 Å². The number of nitrogens with one attached hydrogen (secondary N) is 1. The molecule has 0 aromatic carbocycles. The SMILES string of the molecule is CCOC1CC(N)(C(=O)Nc2nc3c(s2)COCC3)C1(C)C.Cl. The number of nitrogens with zero attached hydrogens (tertiary/aromatic N) is 1. The molecule has 2 unspecified atom stereocenters. The number of nitrogens with two attached hydrogens (primary N) is 1. The Morgan fingerprint density at radius 3 is 2.91 bits per heavy atom. The van der Waals surface area contributed by atoms with Crippen LogP contribution in [0.1, 0.15) is 37.8 Å². The number of thiazole rings is 1. The van der Waals surface area contributed by atoms with E-state index in [1.807, 2.05) is 20.8 Å². The number of amides is 1. The quantitative estimate of drug-likeness (QED) is 0.857. The first-order chi connectivity index (χ1) is 10.4. The lowest BCUT2D eigenvalue weighted by Crippen LogP contribution is -2.74. The van der Waals surface area contributed by atoms with Gasteiger partial charge in [-0.25, -0.2) is 4.98 Å². The van der Waals surface area contributed by atoms with Crippen molar-refractivity contribution in [3.63, 3.8) is 0 Å². The van der Waals surface area contributed by atoms with Crippen LogP contribution in [0.15, 0.2) is 0 Å². The number of hydrogen-bond acceptors (Lipinski definition) is 6. The van der Waals surface area contributed by atoms with Gasteiger partial charge < -0.3 is 20.5 Å². The van der Waals surface area contributed by atoms with Crippen LogP contribution in [0, 0.1) is 5.41 Å². The molecule has 1 saturated carbocycles. The first-order valence-corrected chi connectivity index (χ1v) is 8.48. The molecule has 3 N–H and O–H groups in total. The van der Waals surface area contributed by atoms with E-state index in [1.165, 1.54) is 11.3 Å². The Hall–Kier alpha value is -0.730. The van der Waals surface area contributed by atoms with E-state index in [4.69, 9.17) is 15.2 Å². The lowest BCUT2D eigenvalue weighted by molar-refractivity contribution is -0.166. The molecule has 1 aliphatic carbocycles. The third-order valence-electron chi connectivity index (χ3n) is 4.95. The van der Waals surface area contributed by atoms with E-state index in [2.05, 4.69) is 10.3 Å². The smallest absolute Gasteiger partial charge is 0.246 e. The molecule has 0 bridgehead atoms. The zero-order chi connectivity index (χ0) is 16.0. The Balaban J connectivity index is 0.00000192. The maximum atomic E-state index is 12.6. The minimum atomic E-state index is -0.921. The molecule has 0 saturated heterocycles. The second-order valence-corrected chi connectivity index (χ2v) is 7.57. The Kier molecular flexibility index (Phi) is 5.37. The Morgan fingerprint density at radius 2 is 2.30 bits per heavy atom. The van der Waals surface area contributed by atoms with Crippen LogP contribution in [0.2, 0.25) is 0 Å². The van der Waals surface area contributed by atoms with E-state index >= 15 is 0 Å². The maximum absolute atomic E-state index is 12.6. The van der Waals surface area contributed by atoms with Crippen LogP contribution in [0.4, 0.5) is 5.13 Å². The maximum Gasteiger partial charge on any atom is 0.246 e. The summed E-state index contributed by atoms with van der Waals surface area (Å²) >= 11 is 1.47. The van der Waals surface area contributed by atoms with E-state index in [9.17, 15) is 4.79 Å². The van der Waals surface area contributed by atoms with Gasteiger partial charge in [0, 0.05) is 24.9 Å². The first kappa shape index (κ1) is 18.6. The standard InChI is InChI=1S/C15H23N3O3S.ClH/c1-4-21-11-7-15(16,14(11,2)3)12(19)18-13-17-9-5-6-20-8-10(9)22-13;/h11H,4-8,16H2,1-3H3,(H,17,18,19);1H. The molecule has 0 spiro atoms. The van der Waals surface area contributed by atoms with Gasteiger partial charge in [0.25, 0.3) is 0 Å². The van der Waals surface area contributed by atoms with Crippen LogP contribution < -0.4 is 11.1 Å². The Bertz CT molecular complexity index is 569. The minimum absolute atomic E-state index is 0. The molecule has 8 heteroatoms. The van der Waals surface area contributed by atoms with Gasteiger partial charge in [-0.3, -0.25) is 4.79 Å². The molecule has 1 amide bonds. The fourth-order valence-corrected chi connectivity index (χ4v) is 4.05. The molecule has 2 atom stereocenters. The van der Waals surface area contributed by atoms with Crippen molar-refractivity contribution in [2.45, 2.75) is 51.9 Å². The fourth-order valence-electron chi connectivity index (χ4n) is 3.11. The summed E-state index contributed by atoms with van der Waals surface area (Å²) in [5, 5.41) is 3.50. The molecule has 130 valence electrons. The van der Waals surface area contributed by atoms with Gasteiger partial charge in [-0.05, 0) is 6.92 Å². The lowest BCUT2D eigenvalue weighted by atomic mass is 9.54. The van der Waals surface area contributed by atoms with E-state index in [-0.39, 0.29) is 24.4 Å². The zero-order valence-corrected chi connectivity index (χ0v) is 15.3. The van der Waals surface area contributed by atoms with Crippen molar-refractivity contribution >= 4 is 34.8 Å². The topological polar surface area (TPSA) is 86.5 Å². The highest BCUT2D eigenvalue weighted by molar-refractivity contribution is 7.15. The van der Waals surface area contributed by atoms with E-state index in [1.54, 1.807) is 0 Å². The van der Waals surface area contributed by atoms with Crippen LogP contribution in [0.5, 0.6) is 0 Å². The number of ether oxygens (including phenoxy) is 2. The number of carbonyl (C=O) groups is 1. The Labute approximate surface area is 146 Å². The van der Waals surface area contributed by atoms with E-state index in [0.29, 0.717) is 31.4 Å². The monoisotopic (exact) mass is 361 g/mol. The number of fused-ring (bicyclic) bond motifs is 1. The van der Waals surface area contributed by atoms with Crippen molar-refractivity contribution in [2.24, 2.45) is 11.1 Å². The van der Waals surface area contributed by atoms with Gasteiger partial charge in [0.2, 0.25) is 5.91 Å². The summed E-state index contributed by atoms with van der Waals surface area (Å²) in [6.07, 6.45) is 1.35. The second kappa shape index (κ2) is 6.64. The number of halogens is 1. The lowest BCUT2D eigenvalue weighted by Gasteiger charge is -2.57. The third-order valence-corrected chi connectivity index (χ3v) is 5.94. The van der Waals surface area contributed by atoms with Crippen LogP contribution in [0.3, 0.4) is 0 Å². The summed E-state index contributed by atoms with van der Waals surface area (Å²) in [5.41, 5.74) is 6.08. The van der Waals surface area contributed by atoms with E-state index in [0.717, 1.165) is 17.0 Å². The molecule has 1 aromatic rings. The van der Waals surface area contributed by atoms with Gasteiger partial charge in [-0.1, -0.05) is 25.2 Å². The molecule has 1 aromatic heterocycles.